The Morgan fingerprint density at radius 1 is 1.17 bits per heavy atom. The van der Waals surface area contributed by atoms with E-state index in [1.54, 1.807) is 4.68 Å². The number of para-hydroxylation sites is 2. The minimum absolute atomic E-state index is 0.0568. The number of imidazole rings is 1. The minimum atomic E-state index is 0.0568. The normalized spacial score (nSPS) is 11.7. The van der Waals surface area contributed by atoms with Gasteiger partial charge in [0.25, 0.3) is 0 Å². The third-order valence-electron chi connectivity index (χ3n) is 3.92. The molecule has 0 unspecified atom stereocenters. The van der Waals surface area contributed by atoms with E-state index in [0.29, 0.717) is 19.0 Å². The van der Waals surface area contributed by atoms with E-state index in [-0.39, 0.29) is 6.61 Å². The molecule has 1 aromatic carbocycles. The lowest BCUT2D eigenvalue weighted by Crippen LogP contribution is -2.14. The van der Waals surface area contributed by atoms with Gasteiger partial charge in [0.2, 0.25) is 0 Å². The van der Waals surface area contributed by atoms with E-state index >= 15 is 0 Å². The zero-order valence-electron chi connectivity index (χ0n) is 13.9. The van der Waals surface area contributed by atoms with Crippen LogP contribution in [0, 0.1) is 0 Å². The first-order chi connectivity index (χ1) is 11.1. The van der Waals surface area contributed by atoms with Crippen molar-refractivity contribution in [2.45, 2.75) is 46.2 Å². The highest BCUT2D eigenvalue weighted by Gasteiger charge is 2.17. The fraction of sp³-hybridized carbons (Fsp3) is 0.471. The Hall–Kier alpha value is -2.21. The molecule has 0 fully saturated rings. The Morgan fingerprint density at radius 2 is 1.96 bits per heavy atom. The van der Waals surface area contributed by atoms with Gasteiger partial charge < -0.3 is 9.67 Å². The first kappa shape index (κ1) is 15.7. The van der Waals surface area contributed by atoms with E-state index in [9.17, 15) is 5.11 Å². The molecule has 0 amide bonds. The molecule has 6 heteroatoms. The number of aliphatic hydroxyl groups is 1. The first-order valence-corrected chi connectivity index (χ1v) is 8.12. The van der Waals surface area contributed by atoms with Crippen LogP contribution in [-0.4, -0.2) is 36.0 Å². The molecule has 0 aliphatic carbocycles. The van der Waals surface area contributed by atoms with Gasteiger partial charge in [-0.15, -0.1) is 0 Å². The van der Waals surface area contributed by atoms with Gasteiger partial charge in [0.05, 0.1) is 30.7 Å². The van der Waals surface area contributed by atoms with Gasteiger partial charge in [0.15, 0.2) is 5.82 Å². The zero-order valence-corrected chi connectivity index (χ0v) is 13.9. The van der Waals surface area contributed by atoms with Gasteiger partial charge in [-0.1, -0.05) is 32.9 Å². The van der Waals surface area contributed by atoms with Crippen molar-refractivity contribution in [3.05, 3.63) is 41.7 Å². The predicted molar refractivity (Wildman–Crippen MR) is 89.4 cm³/mol. The molecule has 0 radical (unpaired) electrons. The quantitative estimate of drug-likeness (QED) is 0.758. The molecule has 2 aromatic heterocycles. The molecule has 0 saturated carbocycles. The van der Waals surface area contributed by atoms with Crippen molar-refractivity contribution >= 4 is 11.0 Å². The third kappa shape index (κ3) is 2.99. The van der Waals surface area contributed by atoms with E-state index in [2.05, 4.69) is 34.6 Å². The Balaban J connectivity index is 2.07. The second kappa shape index (κ2) is 6.50. The van der Waals surface area contributed by atoms with Crippen LogP contribution in [0.25, 0.3) is 11.0 Å². The molecule has 0 bridgehead atoms. The summed E-state index contributed by atoms with van der Waals surface area (Å²) < 4.78 is 4.01. The number of aliphatic hydroxyl groups excluding tert-OH is 1. The van der Waals surface area contributed by atoms with E-state index in [1.807, 2.05) is 25.1 Å². The van der Waals surface area contributed by atoms with Crippen molar-refractivity contribution in [2.24, 2.45) is 0 Å². The van der Waals surface area contributed by atoms with Crippen LogP contribution < -0.4 is 0 Å². The number of aryl methyl sites for hydroxylation is 1. The molecule has 2 heterocycles. The van der Waals surface area contributed by atoms with Crippen molar-refractivity contribution in [3.63, 3.8) is 0 Å². The van der Waals surface area contributed by atoms with Gasteiger partial charge in [-0.05, 0) is 12.1 Å². The number of benzene rings is 1. The van der Waals surface area contributed by atoms with Gasteiger partial charge in [0.1, 0.15) is 11.6 Å². The highest BCUT2D eigenvalue weighted by molar-refractivity contribution is 5.76. The summed E-state index contributed by atoms with van der Waals surface area (Å²) in [5.74, 6) is 3.04. The summed E-state index contributed by atoms with van der Waals surface area (Å²) in [7, 11) is 0. The molecule has 0 atom stereocenters. The topological polar surface area (TPSA) is 68.8 Å². The second-order valence-corrected chi connectivity index (χ2v) is 5.94. The van der Waals surface area contributed by atoms with Crippen molar-refractivity contribution < 1.29 is 5.11 Å². The molecule has 0 spiro atoms. The van der Waals surface area contributed by atoms with E-state index in [4.69, 9.17) is 4.98 Å². The number of hydrogen-bond donors (Lipinski definition) is 1. The smallest absolute Gasteiger partial charge is 0.150 e. The van der Waals surface area contributed by atoms with Crippen LogP contribution in [0.4, 0.5) is 0 Å². The molecule has 122 valence electrons. The van der Waals surface area contributed by atoms with Crippen LogP contribution in [0.15, 0.2) is 24.3 Å². The van der Waals surface area contributed by atoms with E-state index < -0.39 is 0 Å². The standard InChI is InChI=1S/C17H23N5O/c1-4-15-19-16(22(20-15)9-10-23)11-21-14-8-6-5-7-13(14)18-17(21)12(2)3/h5-8,12,23H,4,9-11H2,1-3H3. The lowest BCUT2D eigenvalue weighted by molar-refractivity contribution is 0.266. The molecule has 0 saturated heterocycles. The van der Waals surface area contributed by atoms with Gasteiger partial charge in [-0.2, -0.15) is 5.10 Å². The fourth-order valence-electron chi connectivity index (χ4n) is 2.81. The van der Waals surface area contributed by atoms with Crippen molar-refractivity contribution in [1.29, 1.82) is 0 Å². The summed E-state index contributed by atoms with van der Waals surface area (Å²) in [4.78, 5) is 9.39. The number of hydrogen-bond acceptors (Lipinski definition) is 4. The van der Waals surface area contributed by atoms with Crippen molar-refractivity contribution in [2.75, 3.05) is 6.61 Å². The molecular formula is C17H23N5O. The highest BCUT2D eigenvalue weighted by Crippen LogP contribution is 2.22. The molecule has 1 N–H and O–H groups in total. The van der Waals surface area contributed by atoms with Crippen molar-refractivity contribution in [3.8, 4) is 0 Å². The third-order valence-corrected chi connectivity index (χ3v) is 3.92. The molecule has 23 heavy (non-hydrogen) atoms. The average Bonchev–Trinajstić information content (AvgIpc) is 3.10. The van der Waals surface area contributed by atoms with Gasteiger partial charge in [0, 0.05) is 12.3 Å². The van der Waals surface area contributed by atoms with Gasteiger partial charge >= 0.3 is 0 Å². The van der Waals surface area contributed by atoms with Crippen LogP contribution >= 0.6 is 0 Å². The van der Waals surface area contributed by atoms with E-state index in [0.717, 1.165) is 34.9 Å². The molecule has 0 aliphatic heterocycles. The summed E-state index contributed by atoms with van der Waals surface area (Å²) >= 11 is 0. The second-order valence-electron chi connectivity index (χ2n) is 5.94. The monoisotopic (exact) mass is 313 g/mol. The van der Waals surface area contributed by atoms with Crippen LogP contribution in [0.2, 0.25) is 0 Å². The Bertz CT molecular complexity index is 803. The average molecular weight is 313 g/mol. The molecule has 3 rings (SSSR count). The maximum atomic E-state index is 9.26. The highest BCUT2D eigenvalue weighted by atomic mass is 16.3. The lowest BCUT2D eigenvalue weighted by Gasteiger charge is -2.11. The fourth-order valence-corrected chi connectivity index (χ4v) is 2.81. The van der Waals surface area contributed by atoms with Gasteiger partial charge in [-0.25, -0.2) is 14.6 Å². The Morgan fingerprint density at radius 3 is 2.65 bits per heavy atom. The summed E-state index contributed by atoms with van der Waals surface area (Å²) in [6.45, 7) is 7.46. The Labute approximate surface area is 135 Å². The molecule has 0 aliphatic rings. The molecule has 3 aromatic rings. The van der Waals surface area contributed by atoms with Crippen LogP contribution in [0.5, 0.6) is 0 Å². The predicted octanol–water partition coefficient (Wildman–Crippen LogP) is 2.35. The van der Waals surface area contributed by atoms with Gasteiger partial charge in [-0.3, -0.25) is 0 Å². The zero-order chi connectivity index (χ0) is 16.4. The van der Waals surface area contributed by atoms with E-state index in [1.165, 1.54) is 0 Å². The SMILES string of the molecule is CCc1nc(Cn2c(C(C)C)nc3ccccc32)n(CCO)n1. The summed E-state index contributed by atoms with van der Waals surface area (Å²) in [6.07, 6.45) is 0.785. The lowest BCUT2D eigenvalue weighted by atomic mass is 10.2. The molecular weight excluding hydrogens is 290 g/mol. The summed E-state index contributed by atoms with van der Waals surface area (Å²) in [6, 6.07) is 8.16. The number of fused-ring (bicyclic) bond motifs is 1. The number of nitrogens with zero attached hydrogens (tertiary/aromatic N) is 5. The minimum Gasteiger partial charge on any atom is -0.394 e. The van der Waals surface area contributed by atoms with Crippen LogP contribution in [-0.2, 0) is 19.5 Å². The maximum absolute atomic E-state index is 9.26. The number of rotatable bonds is 6. The first-order valence-electron chi connectivity index (χ1n) is 8.12. The van der Waals surface area contributed by atoms with Crippen LogP contribution in [0.3, 0.4) is 0 Å². The summed E-state index contributed by atoms with van der Waals surface area (Å²) in [5, 5.41) is 13.7. The number of aromatic nitrogens is 5. The van der Waals surface area contributed by atoms with Crippen LogP contribution in [0.1, 0.15) is 44.2 Å². The Kier molecular flexibility index (Phi) is 4.43. The maximum Gasteiger partial charge on any atom is 0.150 e. The summed E-state index contributed by atoms with van der Waals surface area (Å²) in [5.41, 5.74) is 2.10. The largest absolute Gasteiger partial charge is 0.394 e. The van der Waals surface area contributed by atoms with Crippen molar-refractivity contribution in [1.82, 2.24) is 24.3 Å². The molecule has 6 nitrogen and oxygen atoms in total.